The summed E-state index contributed by atoms with van der Waals surface area (Å²) in [6.45, 7) is 5.91. The lowest BCUT2D eigenvalue weighted by molar-refractivity contribution is -0.120. The van der Waals surface area contributed by atoms with Crippen LogP contribution in [0.2, 0.25) is 5.02 Å². The minimum atomic E-state index is -0.300. The Bertz CT molecular complexity index is 992. The summed E-state index contributed by atoms with van der Waals surface area (Å²) in [5, 5.41) is 0.574. The standard InChI is InChI=1S/C23H23ClN2O3/c1-3-29-18-9-6-16(7-10-18)20-21(25-12-4-5-13-25)23(28)26(22(20)27)19-11-8-17(24)14-15(19)2/h6-11,14H,3-5,12-13H2,1-2H3. The molecule has 2 aliphatic heterocycles. The molecular weight excluding hydrogens is 388 g/mol. The highest BCUT2D eigenvalue weighted by molar-refractivity contribution is 6.45. The van der Waals surface area contributed by atoms with E-state index in [1.165, 1.54) is 4.90 Å². The van der Waals surface area contributed by atoms with Crippen molar-refractivity contribution in [2.45, 2.75) is 26.7 Å². The largest absolute Gasteiger partial charge is 0.494 e. The van der Waals surface area contributed by atoms with E-state index in [4.69, 9.17) is 16.3 Å². The van der Waals surface area contributed by atoms with Gasteiger partial charge in [0.25, 0.3) is 11.8 Å². The van der Waals surface area contributed by atoms with Crippen molar-refractivity contribution in [3.8, 4) is 5.75 Å². The number of hydrogen-bond acceptors (Lipinski definition) is 4. The van der Waals surface area contributed by atoms with Gasteiger partial charge in [-0.2, -0.15) is 0 Å². The van der Waals surface area contributed by atoms with Crippen LogP contribution in [-0.4, -0.2) is 36.4 Å². The average molecular weight is 411 g/mol. The molecule has 4 rings (SSSR count). The van der Waals surface area contributed by atoms with Crippen molar-refractivity contribution in [1.82, 2.24) is 4.90 Å². The fraction of sp³-hybridized carbons (Fsp3) is 0.304. The van der Waals surface area contributed by atoms with Crippen LogP contribution in [-0.2, 0) is 9.59 Å². The maximum absolute atomic E-state index is 13.5. The maximum atomic E-state index is 13.5. The Hall–Kier alpha value is -2.79. The molecule has 6 heteroatoms. The molecule has 2 aliphatic rings. The molecule has 2 heterocycles. The molecule has 2 amide bonds. The van der Waals surface area contributed by atoms with Gasteiger partial charge >= 0.3 is 0 Å². The second-order valence-corrected chi connectivity index (χ2v) is 7.69. The van der Waals surface area contributed by atoms with E-state index in [1.807, 2.05) is 43.0 Å². The van der Waals surface area contributed by atoms with Gasteiger partial charge in [-0.15, -0.1) is 0 Å². The highest BCUT2D eigenvalue weighted by Crippen LogP contribution is 2.38. The topological polar surface area (TPSA) is 49.9 Å². The number of anilines is 1. The molecular formula is C23H23ClN2O3. The maximum Gasteiger partial charge on any atom is 0.282 e. The zero-order chi connectivity index (χ0) is 20.5. The SMILES string of the molecule is CCOc1ccc(C2=C(N3CCCC3)C(=O)N(c3ccc(Cl)cc3C)C2=O)cc1. The molecule has 29 heavy (non-hydrogen) atoms. The Morgan fingerprint density at radius 2 is 1.69 bits per heavy atom. The van der Waals surface area contributed by atoms with Crippen LogP contribution in [0.4, 0.5) is 5.69 Å². The first kappa shape index (κ1) is 19.5. The number of carbonyl (C=O) groups excluding carboxylic acids is 2. The van der Waals surface area contributed by atoms with E-state index in [0.717, 1.165) is 42.8 Å². The highest BCUT2D eigenvalue weighted by Gasteiger charge is 2.43. The molecule has 0 aromatic heterocycles. The lowest BCUT2D eigenvalue weighted by atomic mass is 10.0. The zero-order valence-electron chi connectivity index (χ0n) is 16.6. The van der Waals surface area contributed by atoms with E-state index in [2.05, 4.69) is 0 Å². The van der Waals surface area contributed by atoms with Crippen LogP contribution < -0.4 is 9.64 Å². The number of amides is 2. The lowest BCUT2D eigenvalue weighted by Gasteiger charge is -2.21. The Labute approximate surface area is 175 Å². The molecule has 0 aliphatic carbocycles. The highest BCUT2D eigenvalue weighted by atomic mass is 35.5. The van der Waals surface area contributed by atoms with Crippen LogP contribution in [0.5, 0.6) is 5.75 Å². The van der Waals surface area contributed by atoms with Crippen molar-refractivity contribution in [3.63, 3.8) is 0 Å². The summed E-state index contributed by atoms with van der Waals surface area (Å²) in [4.78, 5) is 30.3. The quantitative estimate of drug-likeness (QED) is 0.684. The Kier molecular flexibility index (Phi) is 5.33. The number of likely N-dealkylation sites (tertiary alicyclic amines) is 1. The van der Waals surface area contributed by atoms with Crippen molar-refractivity contribution in [2.24, 2.45) is 0 Å². The van der Waals surface area contributed by atoms with Gasteiger partial charge < -0.3 is 9.64 Å². The smallest absolute Gasteiger partial charge is 0.282 e. The predicted molar refractivity (Wildman–Crippen MR) is 114 cm³/mol. The number of benzene rings is 2. The molecule has 1 saturated heterocycles. The summed E-state index contributed by atoms with van der Waals surface area (Å²) < 4.78 is 5.51. The number of carbonyl (C=O) groups is 2. The number of ether oxygens (including phenoxy) is 1. The second kappa shape index (κ2) is 7.91. The van der Waals surface area contributed by atoms with Gasteiger partial charge in [0.1, 0.15) is 11.4 Å². The van der Waals surface area contributed by atoms with Crippen LogP contribution in [0.1, 0.15) is 30.9 Å². The van der Waals surface area contributed by atoms with Gasteiger partial charge in [0.05, 0.1) is 17.9 Å². The minimum Gasteiger partial charge on any atom is -0.494 e. The Morgan fingerprint density at radius 3 is 2.31 bits per heavy atom. The molecule has 0 bridgehead atoms. The number of hydrogen-bond donors (Lipinski definition) is 0. The number of halogens is 1. The number of rotatable bonds is 5. The molecule has 0 spiro atoms. The first-order chi connectivity index (χ1) is 14.0. The predicted octanol–water partition coefficient (Wildman–Crippen LogP) is 4.43. The van der Waals surface area contributed by atoms with Gasteiger partial charge in [-0.05, 0) is 68.1 Å². The van der Waals surface area contributed by atoms with Crippen molar-refractivity contribution in [1.29, 1.82) is 0 Å². The molecule has 0 atom stereocenters. The summed E-state index contributed by atoms with van der Waals surface area (Å²) in [6, 6.07) is 12.6. The van der Waals surface area contributed by atoms with Crippen molar-refractivity contribution >= 4 is 34.7 Å². The van der Waals surface area contributed by atoms with E-state index in [1.54, 1.807) is 18.2 Å². The summed E-state index contributed by atoms with van der Waals surface area (Å²) in [6.07, 6.45) is 2.03. The number of nitrogens with zero attached hydrogens (tertiary/aromatic N) is 2. The molecule has 2 aromatic rings. The average Bonchev–Trinajstić information content (AvgIpc) is 3.30. The van der Waals surface area contributed by atoms with E-state index >= 15 is 0 Å². The summed E-state index contributed by atoms with van der Waals surface area (Å²) >= 11 is 6.07. The van der Waals surface area contributed by atoms with Gasteiger partial charge in [-0.25, -0.2) is 4.90 Å². The molecule has 5 nitrogen and oxygen atoms in total. The van der Waals surface area contributed by atoms with Crippen LogP contribution in [0.25, 0.3) is 5.57 Å². The molecule has 0 unspecified atom stereocenters. The molecule has 2 aromatic carbocycles. The number of imide groups is 1. The first-order valence-electron chi connectivity index (χ1n) is 9.88. The second-order valence-electron chi connectivity index (χ2n) is 7.25. The van der Waals surface area contributed by atoms with Crippen LogP contribution in [0.15, 0.2) is 48.2 Å². The van der Waals surface area contributed by atoms with Gasteiger partial charge in [0.15, 0.2) is 0 Å². The van der Waals surface area contributed by atoms with E-state index < -0.39 is 0 Å². The normalized spacial score (nSPS) is 16.9. The molecule has 150 valence electrons. The third kappa shape index (κ3) is 3.51. The summed E-state index contributed by atoms with van der Waals surface area (Å²) in [5.41, 5.74) is 3.03. The third-order valence-electron chi connectivity index (χ3n) is 5.34. The van der Waals surface area contributed by atoms with E-state index in [-0.39, 0.29) is 11.8 Å². The van der Waals surface area contributed by atoms with Crippen LogP contribution in [0.3, 0.4) is 0 Å². The van der Waals surface area contributed by atoms with Crippen LogP contribution in [0, 0.1) is 6.92 Å². The monoisotopic (exact) mass is 410 g/mol. The summed E-state index contributed by atoms with van der Waals surface area (Å²) in [5.74, 6) is 0.166. The molecule has 0 radical (unpaired) electrons. The molecule has 1 fully saturated rings. The molecule has 0 N–H and O–H groups in total. The fourth-order valence-electron chi connectivity index (χ4n) is 3.99. The van der Waals surface area contributed by atoms with Gasteiger partial charge in [0.2, 0.25) is 0 Å². The number of aryl methyl sites for hydroxylation is 1. The van der Waals surface area contributed by atoms with Crippen molar-refractivity contribution in [2.75, 3.05) is 24.6 Å². The Balaban J connectivity index is 1.80. The lowest BCUT2D eigenvalue weighted by Crippen LogP contribution is -2.35. The van der Waals surface area contributed by atoms with Gasteiger partial charge in [-0.3, -0.25) is 9.59 Å². The van der Waals surface area contributed by atoms with Gasteiger partial charge in [0, 0.05) is 18.1 Å². The fourth-order valence-corrected chi connectivity index (χ4v) is 4.21. The van der Waals surface area contributed by atoms with Crippen molar-refractivity contribution < 1.29 is 14.3 Å². The van der Waals surface area contributed by atoms with Crippen LogP contribution >= 0.6 is 11.6 Å². The molecule has 0 saturated carbocycles. The van der Waals surface area contributed by atoms with Crippen molar-refractivity contribution in [3.05, 3.63) is 64.3 Å². The first-order valence-corrected chi connectivity index (χ1v) is 10.3. The third-order valence-corrected chi connectivity index (χ3v) is 5.57. The van der Waals surface area contributed by atoms with E-state index in [9.17, 15) is 9.59 Å². The van der Waals surface area contributed by atoms with E-state index in [0.29, 0.717) is 28.6 Å². The Morgan fingerprint density at radius 1 is 1.00 bits per heavy atom. The summed E-state index contributed by atoms with van der Waals surface area (Å²) in [7, 11) is 0. The zero-order valence-corrected chi connectivity index (χ0v) is 17.3. The van der Waals surface area contributed by atoms with Gasteiger partial charge in [-0.1, -0.05) is 23.7 Å². The minimum absolute atomic E-state index is 0.272.